The van der Waals surface area contributed by atoms with Gasteiger partial charge in [-0.15, -0.1) is 0 Å². The first-order chi connectivity index (χ1) is 12.9. The number of aryl methyl sites for hydroxylation is 2. The van der Waals surface area contributed by atoms with E-state index in [0.717, 1.165) is 18.5 Å². The third kappa shape index (κ3) is 3.93. The van der Waals surface area contributed by atoms with E-state index in [9.17, 15) is 4.79 Å². The van der Waals surface area contributed by atoms with Crippen LogP contribution >= 0.6 is 0 Å². The minimum Gasteiger partial charge on any atom is -0.385 e. The maximum absolute atomic E-state index is 12.8. The average molecular weight is 366 g/mol. The molecule has 1 heterocycles. The summed E-state index contributed by atoms with van der Waals surface area (Å²) in [5.74, 6) is 0.216. The fourth-order valence-corrected chi connectivity index (χ4v) is 4.01. The molecule has 3 nitrogen and oxygen atoms in total. The van der Waals surface area contributed by atoms with Crippen LogP contribution < -0.4 is 4.90 Å². The molecule has 1 aliphatic rings. The van der Waals surface area contributed by atoms with Crippen molar-refractivity contribution in [3.05, 3.63) is 53.1 Å². The number of anilines is 1. The molecule has 0 saturated heterocycles. The number of fused-ring (bicyclic) bond motifs is 1. The summed E-state index contributed by atoms with van der Waals surface area (Å²) in [5.41, 5.74) is 7.29. The van der Waals surface area contributed by atoms with Gasteiger partial charge in [-0.05, 0) is 54.2 Å². The highest BCUT2D eigenvalue weighted by molar-refractivity contribution is 5.98. The van der Waals surface area contributed by atoms with Gasteiger partial charge in [-0.25, -0.2) is 0 Å². The molecule has 0 atom stereocenters. The monoisotopic (exact) mass is 365 g/mol. The number of rotatable bonds is 6. The van der Waals surface area contributed by atoms with E-state index >= 15 is 0 Å². The Morgan fingerprint density at radius 3 is 2.48 bits per heavy atom. The standard InChI is InChI=1S/C24H31NO2/c1-6-18-14-22-21(15-20(18)19-10-8-17(2)9-11-19)24(3,4)16-23(26)25(22)12-7-13-27-5/h8-11,14-15H,6-7,12-13,16H2,1-5H3. The summed E-state index contributed by atoms with van der Waals surface area (Å²) < 4.78 is 5.19. The zero-order chi connectivity index (χ0) is 19.6. The third-order valence-corrected chi connectivity index (χ3v) is 5.61. The van der Waals surface area contributed by atoms with Gasteiger partial charge in [-0.3, -0.25) is 4.79 Å². The molecule has 0 aromatic heterocycles. The lowest BCUT2D eigenvalue weighted by Gasteiger charge is -2.39. The number of ether oxygens (including phenoxy) is 1. The highest BCUT2D eigenvalue weighted by Gasteiger charge is 2.37. The molecule has 0 bridgehead atoms. The molecule has 144 valence electrons. The van der Waals surface area contributed by atoms with E-state index in [1.165, 1.54) is 27.8 Å². The Bertz CT molecular complexity index is 821. The average Bonchev–Trinajstić information content (AvgIpc) is 2.64. The Morgan fingerprint density at radius 2 is 1.85 bits per heavy atom. The van der Waals surface area contributed by atoms with Crippen LogP contribution in [0.1, 0.15) is 50.3 Å². The lowest BCUT2D eigenvalue weighted by Crippen LogP contribution is -2.42. The number of hydrogen-bond donors (Lipinski definition) is 0. The van der Waals surface area contributed by atoms with Gasteiger partial charge in [0.05, 0.1) is 0 Å². The second-order valence-corrected chi connectivity index (χ2v) is 8.20. The maximum atomic E-state index is 12.8. The van der Waals surface area contributed by atoms with Crippen molar-refractivity contribution in [1.82, 2.24) is 0 Å². The Labute approximate surface area is 163 Å². The SMILES string of the molecule is CCc1cc2c(cc1-c1ccc(C)cc1)C(C)(C)CC(=O)N2CCCOC. The van der Waals surface area contributed by atoms with Gasteiger partial charge >= 0.3 is 0 Å². The van der Waals surface area contributed by atoms with E-state index in [4.69, 9.17) is 4.74 Å². The third-order valence-electron chi connectivity index (χ3n) is 5.61. The normalized spacial score (nSPS) is 15.7. The lowest BCUT2D eigenvalue weighted by molar-refractivity contribution is -0.120. The molecule has 0 radical (unpaired) electrons. The molecule has 0 N–H and O–H groups in total. The number of benzene rings is 2. The van der Waals surface area contributed by atoms with Crippen molar-refractivity contribution in [1.29, 1.82) is 0 Å². The fourth-order valence-electron chi connectivity index (χ4n) is 4.01. The minimum absolute atomic E-state index is 0.157. The summed E-state index contributed by atoms with van der Waals surface area (Å²) in [6.07, 6.45) is 2.34. The van der Waals surface area contributed by atoms with Gasteiger partial charge in [0.15, 0.2) is 0 Å². The van der Waals surface area contributed by atoms with Crippen molar-refractivity contribution >= 4 is 11.6 Å². The summed E-state index contributed by atoms with van der Waals surface area (Å²) in [5, 5.41) is 0. The Balaban J connectivity index is 2.11. The van der Waals surface area contributed by atoms with Gasteiger partial charge in [-0.2, -0.15) is 0 Å². The van der Waals surface area contributed by atoms with Gasteiger partial charge in [-0.1, -0.05) is 50.6 Å². The van der Waals surface area contributed by atoms with Gasteiger partial charge in [0, 0.05) is 37.8 Å². The Kier molecular flexibility index (Phi) is 5.71. The van der Waals surface area contributed by atoms with Gasteiger partial charge in [0.1, 0.15) is 0 Å². The molecule has 3 rings (SSSR count). The Morgan fingerprint density at radius 1 is 1.15 bits per heavy atom. The summed E-state index contributed by atoms with van der Waals surface area (Å²) in [6.45, 7) is 10.0. The van der Waals surface area contributed by atoms with E-state index in [-0.39, 0.29) is 11.3 Å². The molecular weight excluding hydrogens is 334 g/mol. The molecule has 3 heteroatoms. The zero-order valence-electron chi connectivity index (χ0n) is 17.3. The van der Waals surface area contributed by atoms with Crippen LogP contribution in [0.4, 0.5) is 5.69 Å². The first-order valence-electron chi connectivity index (χ1n) is 9.91. The minimum atomic E-state index is -0.157. The van der Waals surface area contributed by atoms with Gasteiger partial charge in [0.2, 0.25) is 5.91 Å². The smallest absolute Gasteiger partial charge is 0.227 e. The number of carbonyl (C=O) groups is 1. The van der Waals surface area contributed by atoms with Crippen molar-refractivity contribution in [3.63, 3.8) is 0 Å². The quantitative estimate of drug-likeness (QED) is 0.652. The van der Waals surface area contributed by atoms with Crippen LogP contribution in [0.3, 0.4) is 0 Å². The van der Waals surface area contributed by atoms with E-state index in [2.05, 4.69) is 64.1 Å². The number of hydrogen-bond acceptors (Lipinski definition) is 2. The summed E-state index contributed by atoms with van der Waals surface area (Å²) >= 11 is 0. The van der Waals surface area contributed by atoms with Crippen LogP contribution in [-0.2, 0) is 21.4 Å². The maximum Gasteiger partial charge on any atom is 0.227 e. The molecule has 2 aromatic carbocycles. The highest BCUT2D eigenvalue weighted by Crippen LogP contribution is 2.43. The lowest BCUT2D eigenvalue weighted by atomic mass is 9.75. The molecular formula is C24H31NO2. The van der Waals surface area contributed by atoms with E-state index in [1.54, 1.807) is 7.11 Å². The van der Waals surface area contributed by atoms with Crippen molar-refractivity contribution in [3.8, 4) is 11.1 Å². The highest BCUT2D eigenvalue weighted by atomic mass is 16.5. The van der Waals surface area contributed by atoms with E-state index in [0.29, 0.717) is 19.6 Å². The molecule has 0 spiro atoms. The second-order valence-electron chi connectivity index (χ2n) is 8.20. The molecule has 0 saturated carbocycles. The summed E-state index contributed by atoms with van der Waals surface area (Å²) in [4.78, 5) is 14.8. The molecule has 1 aliphatic heterocycles. The van der Waals surface area contributed by atoms with Crippen LogP contribution in [0.2, 0.25) is 0 Å². The van der Waals surface area contributed by atoms with Crippen LogP contribution in [0.5, 0.6) is 0 Å². The van der Waals surface area contributed by atoms with E-state index in [1.807, 2.05) is 4.90 Å². The van der Waals surface area contributed by atoms with E-state index < -0.39 is 0 Å². The second kappa shape index (κ2) is 7.85. The van der Waals surface area contributed by atoms with Crippen LogP contribution in [-0.4, -0.2) is 26.2 Å². The van der Waals surface area contributed by atoms with Crippen LogP contribution in [0.25, 0.3) is 11.1 Å². The number of amides is 1. The van der Waals surface area contributed by atoms with Crippen LogP contribution in [0.15, 0.2) is 36.4 Å². The zero-order valence-corrected chi connectivity index (χ0v) is 17.3. The van der Waals surface area contributed by atoms with Crippen molar-refractivity contribution in [2.24, 2.45) is 0 Å². The molecule has 0 fully saturated rings. The number of carbonyl (C=O) groups excluding carboxylic acids is 1. The summed E-state index contributed by atoms with van der Waals surface area (Å²) in [7, 11) is 1.71. The first kappa shape index (κ1) is 19.6. The van der Waals surface area contributed by atoms with Crippen molar-refractivity contribution < 1.29 is 9.53 Å². The molecule has 0 aliphatic carbocycles. The number of methoxy groups -OCH3 is 1. The van der Waals surface area contributed by atoms with Gasteiger partial charge in [0.25, 0.3) is 0 Å². The molecule has 2 aromatic rings. The predicted octanol–water partition coefficient (Wildman–Crippen LogP) is 5.28. The van der Waals surface area contributed by atoms with Crippen molar-refractivity contribution in [2.75, 3.05) is 25.2 Å². The topological polar surface area (TPSA) is 29.5 Å². The number of nitrogens with zero attached hydrogens (tertiary/aromatic N) is 1. The molecule has 27 heavy (non-hydrogen) atoms. The fraction of sp³-hybridized carbons (Fsp3) is 0.458. The largest absolute Gasteiger partial charge is 0.385 e. The predicted molar refractivity (Wildman–Crippen MR) is 112 cm³/mol. The summed E-state index contributed by atoms with van der Waals surface area (Å²) in [6, 6.07) is 13.3. The molecule has 0 unspecified atom stereocenters. The first-order valence-corrected chi connectivity index (χ1v) is 9.91. The van der Waals surface area contributed by atoms with Crippen molar-refractivity contribution in [2.45, 2.75) is 52.4 Å². The van der Waals surface area contributed by atoms with Crippen LogP contribution in [0, 0.1) is 6.92 Å². The molecule has 1 amide bonds. The van der Waals surface area contributed by atoms with Gasteiger partial charge < -0.3 is 9.64 Å². The Hall–Kier alpha value is -2.13.